The van der Waals surface area contributed by atoms with Gasteiger partial charge in [-0.25, -0.2) is 0 Å². The van der Waals surface area contributed by atoms with E-state index in [1.807, 2.05) is 54.6 Å². The van der Waals surface area contributed by atoms with Crippen LogP contribution < -0.4 is 4.74 Å². The molecule has 2 aromatic carbocycles. The number of ether oxygens (including phenoxy) is 1. The Hall–Kier alpha value is -2.35. The number of hydrogen-bond donors (Lipinski definition) is 1. The molecule has 5 nitrogen and oxygen atoms in total. The molecule has 0 spiro atoms. The number of benzene rings is 2. The Labute approximate surface area is 196 Å². The van der Waals surface area contributed by atoms with Gasteiger partial charge in [0.25, 0.3) is 5.91 Å². The van der Waals surface area contributed by atoms with E-state index in [1.165, 1.54) is 11.8 Å². The Morgan fingerprint density at radius 2 is 1.81 bits per heavy atom. The van der Waals surface area contributed by atoms with Crippen LogP contribution in [0.25, 0.3) is 6.08 Å². The minimum absolute atomic E-state index is 0.101. The van der Waals surface area contributed by atoms with Gasteiger partial charge in [-0.1, -0.05) is 66.3 Å². The molecule has 0 atom stereocenters. The van der Waals surface area contributed by atoms with Gasteiger partial charge in [-0.3, -0.25) is 14.5 Å². The van der Waals surface area contributed by atoms with Gasteiger partial charge in [0.05, 0.1) is 4.91 Å². The summed E-state index contributed by atoms with van der Waals surface area (Å²) in [6.45, 7) is 0.959. The number of rotatable bonds is 10. The maximum absolute atomic E-state index is 12.7. The van der Waals surface area contributed by atoms with Crippen LogP contribution in [0.3, 0.4) is 0 Å². The lowest BCUT2D eigenvalue weighted by atomic mass is 10.2. The molecule has 0 radical (unpaired) electrons. The quantitative estimate of drug-likeness (QED) is 0.267. The van der Waals surface area contributed by atoms with Gasteiger partial charge in [-0.15, -0.1) is 0 Å². The maximum Gasteiger partial charge on any atom is 0.303 e. The first kappa shape index (κ1) is 23.3. The van der Waals surface area contributed by atoms with Crippen molar-refractivity contribution in [3.05, 3.63) is 69.6 Å². The molecule has 1 fully saturated rings. The lowest BCUT2D eigenvalue weighted by Gasteiger charge is -2.13. The molecule has 0 unspecified atom stereocenters. The summed E-state index contributed by atoms with van der Waals surface area (Å²) in [5.74, 6) is -0.160. The lowest BCUT2D eigenvalue weighted by molar-refractivity contribution is -0.137. The van der Waals surface area contributed by atoms with Crippen molar-refractivity contribution < 1.29 is 19.4 Å². The minimum Gasteiger partial charge on any atom is -0.489 e. The van der Waals surface area contributed by atoms with E-state index in [-0.39, 0.29) is 12.3 Å². The fraction of sp³-hybridized carbons (Fsp3) is 0.261. The molecule has 1 saturated heterocycles. The highest BCUT2D eigenvalue weighted by molar-refractivity contribution is 8.26. The van der Waals surface area contributed by atoms with E-state index in [2.05, 4.69) is 0 Å². The highest BCUT2D eigenvalue weighted by Gasteiger charge is 2.31. The monoisotopic (exact) mass is 475 g/mol. The van der Waals surface area contributed by atoms with Crippen LogP contribution in [-0.2, 0) is 16.2 Å². The molecule has 0 bridgehead atoms. The molecule has 3 rings (SSSR count). The fourth-order valence-corrected chi connectivity index (χ4v) is 4.41. The number of aliphatic carboxylic acids is 1. The predicted octanol–water partition coefficient (Wildman–Crippen LogP) is 5.77. The molecule has 2 aromatic rings. The van der Waals surface area contributed by atoms with Crippen LogP contribution in [0.2, 0.25) is 5.02 Å². The summed E-state index contributed by atoms with van der Waals surface area (Å²) in [5, 5.41) is 9.37. The molecule has 0 saturated carbocycles. The number of amides is 1. The SMILES string of the molecule is O=C(O)CCCCCN1C(=O)/C(=C\c2ccc(OCc3ccc(Cl)cc3)cc2)SC1=S. The van der Waals surface area contributed by atoms with E-state index in [4.69, 9.17) is 33.7 Å². The van der Waals surface area contributed by atoms with Crippen LogP contribution in [0, 0.1) is 0 Å². The zero-order valence-corrected chi connectivity index (χ0v) is 19.1. The maximum atomic E-state index is 12.7. The van der Waals surface area contributed by atoms with Crippen molar-refractivity contribution in [1.82, 2.24) is 4.90 Å². The second-order valence-electron chi connectivity index (χ2n) is 7.02. The third-order valence-corrected chi connectivity index (χ3v) is 6.27. The van der Waals surface area contributed by atoms with Crippen molar-refractivity contribution in [2.45, 2.75) is 32.3 Å². The Balaban J connectivity index is 1.52. The van der Waals surface area contributed by atoms with E-state index in [0.29, 0.717) is 33.8 Å². The van der Waals surface area contributed by atoms with Gasteiger partial charge in [0.15, 0.2) is 0 Å². The van der Waals surface area contributed by atoms with Crippen molar-refractivity contribution >= 4 is 57.9 Å². The van der Waals surface area contributed by atoms with Crippen molar-refractivity contribution in [3.8, 4) is 5.75 Å². The molecule has 1 aliphatic heterocycles. The first-order valence-electron chi connectivity index (χ1n) is 9.87. The van der Waals surface area contributed by atoms with Crippen LogP contribution in [0.5, 0.6) is 5.75 Å². The van der Waals surface area contributed by atoms with Crippen LogP contribution in [0.4, 0.5) is 0 Å². The fourth-order valence-electron chi connectivity index (χ4n) is 2.97. The summed E-state index contributed by atoms with van der Waals surface area (Å²) in [6.07, 6.45) is 4.06. The summed E-state index contributed by atoms with van der Waals surface area (Å²) in [4.78, 5) is 25.4. The smallest absolute Gasteiger partial charge is 0.303 e. The second kappa shape index (κ2) is 11.3. The zero-order chi connectivity index (χ0) is 22.2. The van der Waals surface area contributed by atoms with Gasteiger partial charge in [0.1, 0.15) is 16.7 Å². The highest BCUT2D eigenvalue weighted by atomic mass is 35.5. The third kappa shape index (κ3) is 7.09. The number of thioether (sulfide) groups is 1. The van der Waals surface area contributed by atoms with Crippen molar-refractivity contribution in [2.75, 3.05) is 6.54 Å². The van der Waals surface area contributed by atoms with E-state index in [0.717, 1.165) is 29.7 Å². The predicted molar refractivity (Wildman–Crippen MR) is 128 cm³/mol. The van der Waals surface area contributed by atoms with Crippen LogP contribution in [0.1, 0.15) is 36.8 Å². The average molecular weight is 476 g/mol. The molecule has 1 heterocycles. The van der Waals surface area contributed by atoms with Crippen molar-refractivity contribution in [2.24, 2.45) is 0 Å². The summed E-state index contributed by atoms with van der Waals surface area (Å²) >= 11 is 12.5. The molecule has 8 heteroatoms. The van der Waals surface area contributed by atoms with Gasteiger partial charge in [0.2, 0.25) is 0 Å². The molecule has 1 aliphatic rings. The van der Waals surface area contributed by atoms with Crippen molar-refractivity contribution in [1.29, 1.82) is 0 Å². The van der Waals surface area contributed by atoms with E-state index >= 15 is 0 Å². The third-order valence-electron chi connectivity index (χ3n) is 4.64. The summed E-state index contributed by atoms with van der Waals surface area (Å²) in [6, 6.07) is 15.0. The Morgan fingerprint density at radius 1 is 1.10 bits per heavy atom. The number of hydrogen-bond acceptors (Lipinski definition) is 5. The molecule has 31 heavy (non-hydrogen) atoms. The van der Waals surface area contributed by atoms with Gasteiger partial charge >= 0.3 is 5.97 Å². The Bertz CT molecular complexity index is 974. The topological polar surface area (TPSA) is 66.8 Å². The van der Waals surface area contributed by atoms with E-state index in [1.54, 1.807) is 4.90 Å². The summed E-state index contributed by atoms with van der Waals surface area (Å²) < 4.78 is 6.33. The van der Waals surface area contributed by atoms with Crippen LogP contribution in [0.15, 0.2) is 53.4 Å². The number of carboxylic acids is 1. The molecule has 1 N–H and O–H groups in total. The van der Waals surface area contributed by atoms with E-state index < -0.39 is 5.97 Å². The number of carboxylic acid groups (broad SMARTS) is 1. The van der Waals surface area contributed by atoms with Crippen LogP contribution >= 0.6 is 35.6 Å². The molecular weight excluding hydrogens is 454 g/mol. The number of carbonyl (C=O) groups excluding carboxylic acids is 1. The average Bonchev–Trinajstić information content (AvgIpc) is 3.01. The van der Waals surface area contributed by atoms with Gasteiger partial charge < -0.3 is 9.84 Å². The second-order valence-corrected chi connectivity index (χ2v) is 9.13. The number of thiocarbonyl (C=S) groups is 1. The Morgan fingerprint density at radius 3 is 2.48 bits per heavy atom. The summed E-state index contributed by atoms with van der Waals surface area (Å²) in [5.41, 5.74) is 1.92. The normalized spacial score (nSPS) is 15.0. The molecule has 0 aliphatic carbocycles. The molecule has 0 aromatic heterocycles. The molecular formula is C23H22ClNO4S2. The highest BCUT2D eigenvalue weighted by Crippen LogP contribution is 2.33. The first-order chi connectivity index (χ1) is 14.9. The number of halogens is 1. The lowest BCUT2D eigenvalue weighted by Crippen LogP contribution is -2.29. The molecule has 1 amide bonds. The van der Waals surface area contributed by atoms with Crippen molar-refractivity contribution in [3.63, 3.8) is 0 Å². The van der Waals surface area contributed by atoms with Gasteiger partial charge in [0, 0.05) is 18.0 Å². The number of unbranched alkanes of at least 4 members (excludes halogenated alkanes) is 2. The first-order valence-corrected chi connectivity index (χ1v) is 11.5. The van der Waals surface area contributed by atoms with E-state index in [9.17, 15) is 9.59 Å². The minimum atomic E-state index is -0.796. The number of carbonyl (C=O) groups is 2. The molecule has 162 valence electrons. The van der Waals surface area contributed by atoms with Crippen LogP contribution in [-0.4, -0.2) is 32.7 Å². The van der Waals surface area contributed by atoms with Gasteiger partial charge in [-0.05, 0) is 54.3 Å². The zero-order valence-electron chi connectivity index (χ0n) is 16.8. The Kier molecular flexibility index (Phi) is 8.51. The largest absolute Gasteiger partial charge is 0.489 e. The van der Waals surface area contributed by atoms with Gasteiger partial charge in [-0.2, -0.15) is 0 Å². The summed E-state index contributed by atoms with van der Waals surface area (Å²) in [7, 11) is 0. The standard InChI is InChI=1S/C23H22ClNO4S2/c24-18-9-5-17(6-10-18)15-29-19-11-7-16(8-12-19)14-20-22(28)25(23(30)31-20)13-3-1-2-4-21(26)27/h5-12,14H,1-4,13,15H2,(H,26,27)/b20-14+. The number of nitrogens with zero attached hydrogens (tertiary/aromatic N) is 1.